The summed E-state index contributed by atoms with van der Waals surface area (Å²) in [5.41, 5.74) is 0.341. The van der Waals surface area contributed by atoms with E-state index < -0.39 is 26.1 Å². The number of rotatable bonds is 7. The second kappa shape index (κ2) is 7.47. The van der Waals surface area contributed by atoms with E-state index >= 15 is 0 Å². The molecule has 1 rings (SSSR count). The molecule has 3 nitrogen and oxygen atoms in total. The Morgan fingerprint density at radius 1 is 1.04 bits per heavy atom. The van der Waals surface area contributed by atoms with E-state index in [1.54, 1.807) is 0 Å². The van der Waals surface area contributed by atoms with Crippen molar-refractivity contribution >= 4 is 8.32 Å². The van der Waals surface area contributed by atoms with Crippen LogP contribution in [0, 0.1) is 5.41 Å². The number of ether oxygens (including phenoxy) is 1. The van der Waals surface area contributed by atoms with Crippen molar-refractivity contribution in [2.75, 3.05) is 6.61 Å². The molecule has 0 bridgehead atoms. The van der Waals surface area contributed by atoms with Gasteiger partial charge in [-0.25, -0.2) is 0 Å². The monoisotopic (exact) mass is 338 g/mol. The Bertz CT molecular complexity index is 477. The molecule has 0 radical (unpaired) electrons. The van der Waals surface area contributed by atoms with Gasteiger partial charge >= 0.3 is 0 Å². The van der Waals surface area contributed by atoms with Crippen LogP contribution in [0.5, 0.6) is 0 Å². The minimum atomic E-state index is -2.00. The fraction of sp³-hybridized carbons (Fsp3) is 0.684. The summed E-state index contributed by atoms with van der Waals surface area (Å²) >= 11 is 0. The molecule has 0 saturated carbocycles. The van der Waals surface area contributed by atoms with Crippen LogP contribution in [0.3, 0.4) is 0 Å². The summed E-state index contributed by atoms with van der Waals surface area (Å²) < 4.78 is 12.4. The van der Waals surface area contributed by atoms with E-state index in [1.807, 2.05) is 51.1 Å². The molecule has 0 heterocycles. The van der Waals surface area contributed by atoms with E-state index in [2.05, 4.69) is 33.9 Å². The van der Waals surface area contributed by atoms with E-state index in [0.29, 0.717) is 6.61 Å². The van der Waals surface area contributed by atoms with Crippen molar-refractivity contribution in [3.05, 3.63) is 35.9 Å². The molecule has 2 atom stereocenters. The average molecular weight is 339 g/mol. The number of aliphatic hydroxyl groups is 1. The molecule has 0 amide bonds. The first-order chi connectivity index (χ1) is 10.4. The van der Waals surface area contributed by atoms with E-state index in [9.17, 15) is 5.11 Å². The van der Waals surface area contributed by atoms with Crippen LogP contribution in [-0.4, -0.2) is 26.3 Å². The van der Waals surface area contributed by atoms with Gasteiger partial charge in [-0.05, 0) is 30.6 Å². The van der Waals surface area contributed by atoms with E-state index in [1.165, 1.54) is 0 Å². The van der Waals surface area contributed by atoms with Gasteiger partial charge in [-0.2, -0.15) is 0 Å². The summed E-state index contributed by atoms with van der Waals surface area (Å²) in [4.78, 5) is 0. The van der Waals surface area contributed by atoms with Gasteiger partial charge in [0.15, 0.2) is 14.6 Å². The van der Waals surface area contributed by atoms with Crippen LogP contribution in [0.4, 0.5) is 0 Å². The highest BCUT2D eigenvalue weighted by Crippen LogP contribution is 2.43. The maximum atomic E-state index is 10.9. The molecule has 1 aromatic rings. The average Bonchev–Trinajstić information content (AvgIpc) is 2.45. The summed E-state index contributed by atoms with van der Waals surface area (Å²) in [5, 5.41) is 11.0. The van der Waals surface area contributed by atoms with Gasteiger partial charge in [0, 0.05) is 12.0 Å². The minimum Gasteiger partial charge on any atom is -0.392 e. The lowest BCUT2D eigenvalue weighted by atomic mass is 9.82. The Hall–Kier alpha value is -0.683. The van der Waals surface area contributed by atoms with Crippen LogP contribution in [0.2, 0.25) is 18.1 Å². The van der Waals surface area contributed by atoms with Crippen molar-refractivity contribution in [1.82, 2.24) is 0 Å². The summed E-state index contributed by atoms with van der Waals surface area (Å²) in [6.45, 7) is 17.6. The third-order valence-electron chi connectivity index (χ3n) is 4.95. The zero-order valence-electron chi connectivity index (χ0n) is 16.0. The lowest BCUT2D eigenvalue weighted by molar-refractivity contribution is -0.185. The molecule has 4 heteroatoms. The zero-order valence-corrected chi connectivity index (χ0v) is 17.0. The Morgan fingerprint density at radius 2 is 1.57 bits per heavy atom. The molecule has 0 aromatic heterocycles. The summed E-state index contributed by atoms with van der Waals surface area (Å²) in [6.07, 6.45) is -1.09. The Kier molecular flexibility index (Phi) is 6.61. The first-order valence-corrected chi connectivity index (χ1v) is 11.4. The van der Waals surface area contributed by atoms with Gasteiger partial charge in [0.25, 0.3) is 0 Å². The van der Waals surface area contributed by atoms with E-state index in [0.717, 1.165) is 5.56 Å². The number of hydrogen-bond acceptors (Lipinski definition) is 3. The molecule has 0 spiro atoms. The topological polar surface area (TPSA) is 38.7 Å². The van der Waals surface area contributed by atoms with Gasteiger partial charge in [0.1, 0.15) is 0 Å². The first kappa shape index (κ1) is 20.4. The molecule has 2 unspecified atom stereocenters. The van der Waals surface area contributed by atoms with Crippen LogP contribution >= 0.6 is 0 Å². The smallest absolute Gasteiger partial charge is 0.195 e. The van der Waals surface area contributed by atoms with Gasteiger partial charge in [0.2, 0.25) is 0 Å². The molecular weight excluding hydrogens is 304 g/mol. The molecule has 23 heavy (non-hydrogen) atoms. The third kappa shape index (κ3) is 4.89. The largest absolute Gasteiger partial charge is 0.392 e. The maximum absolute atomic E-state index is 10.9. The highest BCUT2D eigenvalue weighted by Gasteiger charge is 2.46. The van der Waals surface area contributed by atoms with Gasteiger partial charge < -0.3 is 14.3 Å². The van der Waals surface area contributed by atoms with Gasteiger partial charge in [-0.3, -0.25) is 0 Å². The van der Waals surface area contributed by atoms with Crippen molar-refractivity contribution in [3.8, 4) is 0 Å². The SMILES string of the molecule is CCOC(O[Si](C)(C)C(C)(C)C)C(C)(C)C(O)c1ccccc1. The lowest BCUT2D eigenvalue weighted by Crippen LogP contribution is -2.50. The molecule has 1 N–H and O–H groups in total. The molecule has 0 aliphatic carbocycles. The van der Waals surface area contributed by atoms with Gasteiger partial charge in [0.05, 0.1) is 6.10 Å². The molecule has 0 aliphatic heterocycles. The quantitative estimate of drug-likeness (QED) is 0.553. The summed E-state index contributed by atoms with van der Waals surface area (Å²) in [7, 11) is -2.00. The number of benzene rings is 1. The van der Waals surface area contributed by atoms with Crippen molar-refractivity contribution in [1.29, 1.82) is 0 Å². The predicted octanol–water partition coefficient (Wildman–Crippen LogP) is 5.13. The fourth-order valence-electron chi connectivity index (χ4n) is 2.19. The Labute approximate surface area is 143 Å². The van der Waals surface area contributed by atoms with Crippen molar-refractivity contribution < 1.29 is 14.3 Å². The van der Waals surface area contributed by atoms with E-state index in [4.69, 9.17) is 9.16 Å². The van der Waals surface area contributed by atoms with Crippen LogP contribution in [0.15, 0.2) is 30.3 Å². The molecule has 0 aliphatic rings. The first-order valence-electron chi connectivity index (χ1n) is 8.46. The summed E-state index contributed by atoms with van der Waals surface area (Å²) in [6, 6.07) is 9.73. The number of aliphatic hydroxyl groups excluding tert-OH is 1. The van der Waals surface area contributed by atoms with Crippen LogP contribution < -0.4 is 0 Å². The molecule has 0 saturated heterocycles. The van der Waals surface area contributed by atoms with Gasteiger partial charge in [-0.15, -0.1) is 0 Å². The normalized spacial score (nSPS) is 16.2. The minimum absolute atomic E-state index is 0.0934. The third-order valence-corrected chi connectivity index (χ3v) is 9.37. The molecular formula is C19H34O3Si. The van der Waals surface area contributed by atoms with Crippen molar-refractivity contribution in [3.63, 3.8) is 0 Å². The number of hydrogen-bond donors (Lipinski definition) is 1. The summed E-state index contributed by atoms with van der Waals surface area (Å²) in [5.74, 6) is 0. The second-order valence-corrected chi connectivity index (χ2v) is 13.1. The molecule has 0 fully saturated rings. The maximum Gasteiger partial charge on any atom is 0.195 e. The lowest BCUT2D eigenvalue weighted by Gasteiger charge is -2.45. The zero-order chi connectivity index (χ0) is 17.9. The Morgan fingerprint density at radius 3 is 2.00 bits per heavy atom. The van der Waals surface area contributed by atoms with Crippen LogP contribution in [0.25, 0.3) is 0 Å². The highest BCUT2D eigenvalue weighted by atomic mass is 28.4. The fourth-order valence-corrected chi connectivity index (χ4v) is 3.45. The highest BCUT2D eigenvalue weighted by molar-refractivity contribution is 6.74. The second-order valence-electron chi connectivity index (χ2n) is 8.30. The van der Waals surface area contributed by atoms with Crippen molar-refractivity contribution in [2.24, 2.45) is 5.41 Å². The van der Waals surface area contributed by atoms with Crippen LogP contribution in [-0.2, 0) is 9.16 Å². The van der Waals surface area contributed by atoms with E-state index in [-0.39, 0.29) is 5.04 Å². The predicted molar refractivity (Wildman–Crippen MR) is 98.9 cm³/mol. The Balaban J connectivity index is 3.07. The van der Waals surface area contributed by atoms with Crippen LogP contribution in [0.1, 0.15) is 53.2 Å². The molecule has 1 aromatic carbocycles. The van der Waals surface area contributed by atoms with Gasteiger partial charge in [-0.1, -0.05) is 65.0 Å². The van der Waals surface area contributed by atoms with Crippen molar-refractivity contribution in [2.45, 2.75) is 72.1 Å². The molecule has 132 valence electrons. The standard InChI is InChI=1S/C19H34O3Si/c1-9-21-17(22-23(7,8)18(2,3)4)19(5,6)16(20)15-13-11-10-12-14-15/h10-14,16-17,20H,9H2,1-8H3.